The lowest BCUT2D eigenvalue weighted by molar-refractivity contribution is 0.00578. The molecule has 2 saturated heterocycles. The summed E-state index contributed by atoms with van der Waals surface area (Å²) in [7, 11) is -4.75. The van der Waals surface area contributed by atoms with Gasteiger partial charge in [0.05, 0.1) is 32.2 Å². The second-order valence-corrected chi connectivity index (χ2v) is 12.8. The first-order valence-electron chi connectivity index (χ1n) is 11.2. The molecule has 0 unspecified atom stereocenters. The van der Waals surface area contributed by atoms with Crippen molar-refractivity contribution in [2.24, 2.45) is 0 Å². The Morgan fingerprint density at radius 1 is 0.515 bits per heavy atom. The van der Waals surface area contributed by atoms with Crippen LogP contribution >= 0.6 is 0 Å². The molecule has 2 aromatic rings. The van der Waals surface area contributed by atoms with Crippen LogP contribution in [0.2, 0.25) is 0 Å². The third-order valence-electron chi connectivity index (χ3n) is 7.43. The van der Waals surface area contributed by atoms with E-state index in [1.165, 1.54) is 0 Å². The minimum Gasteiger partial charge on any atom is -0.399 e. The van der Waals surface area contributed by atoms with Crippen molar-refractivity contribution in [1.82, 2.24) is 0 Å². The SMILES string of the molecule is CC1(C)OB(c2ccc(S(=O)(=O)c3ccc(B4OC(C)(C)C(C)(C)O4)cc3)cc2)OC1(C)C. The first-order valence-corrected chi connectivity index (χ1v) is 12.7. The molecule has 0 radical (unpaired) electrons. The molecule has 2 heterocycles. The van der Waals surface area contributed by atoms with Crippen LogP contribution < -0.4 is 10.9 Å². The van der Waals surface area contributed by atoms with Gasteiger partial charge in [0.1, 0.15) is 0 Å². The normalized spacial score (nSPS) is 23.2. The van der Waals surface area contributed by atoms with Crippen molar-refractivity contribution in [3.05, 3.63) is 48.5 Å². The molecule has 0 N–H and O–H groups in total. The number of sulfone groups is 1. The molecule has 176 valence electrons. The summed E-state index contributed by atoms with van der Waals surface area (Å²) in [4.78, 5) is 0.428. The van der Waals surface area contributed by atoms with Crippen LogP contribution in [0.1, 0.15) is 55.4 Å². The maximum atomic E-state index is 13.2. The Kier molecular flexibility index (Phi) is 5.70. The van der Waals surface area contributed by atoms with Crippen LogP contribution in [0.3, 0.4) is 0 Å². The maximum Gasteiger partial charge on any atom is 0.494 e. The van der Waals surface area contributed by atoms with E-state index in [1.54, 1.807) is 48.5 Å². The highest BCUT2D eigenvalue weighted by atomic mass is 32.2. The largest absolute Gasteiger partial charge is 0.494 e. The molecule has 9 heteroatoms. The van der Waals surface area contributed by atoms with Crippen LogP contribution in [0.25, 0.3) is 0 Å². The van der Waals surface area contributed by atoms with Crippen LogP contribution in [-0.4, -0.2) is 45.1 Å². The van der Waals surface area contributed by atoms with Crippen LogP contribution in [-0.2, 0) is 28.5 Å². The van der Waals surface area contributed by atoms with Crippen LogP contribution in [0.5, 0.6) is 0 Å². The molecule has 2 fully saturated rings. The minimum absolute atomic E-state index is 0.214. The molecule has 0 aliphatic carbocycles. The van der Waals surface area contributed by atoms with Crippen LogP contribution in [0.4, 0.5) is 0 Å². The van der Waals surface area contributed by atoms with Crippen LogP contribution in [0.15, 0.2) is 58.3 Å². The van der Waals surface area contributed by atoms with Gasteiger partial charge in [0.2, 0.25) is 9.84 Å². The summed E-state index contributed by atoms with van der Waals surface area (Å²) < 4.78 is 50.6. The zero-order chi connectivity index (χ0) is 24.4. The zero-order valence-electron chi connectivity index (χ0n) is 20.6. The van der Waals surface area contributed by atoms with Crippen LogP contribution in [0, 0.1) is 0 Å². The molecule has 33 heavy (non-hydrogen) atoms. The topological polar surface area (TPSA) is 71.1 Å². The van der Waals surface area contributed by atoms with E-state index in [9.17, 15) is 8.42 Å². The van der Waals surface area contributed by atoms with Crippen molar-refractivity contribution >= 4 is 35.0 Å². The molecular weight excluding hydrogens is 438 g/mol. The summed E-state index contributed by atoms with van der Waals surface area (Å²) in [5, 5.41) is 0. The molecule has 0 amide bonds. The fourth-order valence-electron chi connectivity index (χ4n) is 3.70. The average Bonchev–Trinajstić information content (AvgIpc) is 3.08. The van der Waals surface area contributed by atoms with Crippen molar-refractivity contribution in [3.8, 4) is 0 Å². The quantitative estimate of drug-likeness (QED) is 0.640. The summed E-state index contributed by atoms with van der Waals surface area (Å²) >= 11 is 0. The molecule has 0 bridgehead atoms. The highest BCUT2D eigenvalue weighted by Gasteiger charge is 2.52. The van der Waals surface area contributed by atoms with Crippen molar-refractivity contribution in [1.29, 1.82) is 0 Å². The second kappa shape index (κ2) is 7.68. The minimum atomic E-state index is -3.67. The first kappa shape index (κ1) is 24.5. The Labute approximate surface area is 198 Å². The van der Waals surface area contributed by atoms with E-state index in [-0.39, 0.29) is 9.79 Å². The van der Waals surface area contributed by atoms with Gasteiger partial charge in [-0.2, -0.15) is 0 Å². The fraction of sp³-hybridized carbons (Fsp3) is 0.500. The van der Waals surface area contributed by atoms with Crippen molar-refractivity contribution < 1.29 is 27.0 Å². The average molecular weight is 470 g/mol. The number of hydrogen-bond acceptors (Lipinski definition) is 6. The van der Waals surface area contributed by atoms with Gasteiger partial charge < -0.3 is 18.6 Å². The Hall–Kier alpha value is -1.64. The summed E-state index contributed by atoms with van der Waals surface area (Å²) in [6.45, 7) is 15.9. The molecule has 0 spiro atoms. The Morgan fingerprint density at radius 2 is 0.758 bits per heavy atom. The van der Waals surface area contributed by atoms with Gasteiger partial charge in [-0.15, -0.1) is 0 Å². The molecular formula is C24H32B2O6S. The van der Waals surface area contributed by atoms with Gasteiger partial charge in [-0.05, 0) is 90.6 Å². The van der Waals surface area contributed by atoms with E-state index in [0.29, 0.717) is 0 Å². The van der Waals surface area contributed by atoms with Gasteiger partial charge in [0.25, 0.3) is 0 Å². The summed E-state index contributed by atoms with van der Waals surface area (Å²) in [6.07, 6.45) is 0. The lowest BCUT2D eigenvalue weighted by Gasteiger charge is -2.32. The van der Waals surface area contributed by atoms with E-state index in [2.05, 4.69) is 0 Å². The fourth-order valence-corrected chi connectivity index (χ4v) is 4.96. The number of rotatable bonds is 4. The van der Waals surface area contributed by atoms with E-state index < -0.39 is 46.5 Å². The summed E-state index contributed by atoms with van der Waals surface area (Å²) in [6, 6.07) is 13.4. The molecule has 0 atom stereocenters. The lowest BCUT2D eigenvalue weighted by atomic mass is 9.79. The third kappa shape index (κ3) is 4.19. The highest BCUT2D eigenvalue weighted by molar-refractivity contribution is 7.91. The molecule has 4 rings (SSSR count). The molecule has 2 aliphatic heterocycles. The van der Waals surface area contributed by atoms with E-state index in [0.717, 1.165) is 10.9 Å². The van der Waals surface area contributed by atoms with Gasteiger partial charge >= 0.3 is 14.2 Å². The second-order valence-electron chi connectivity index (χ2n) is 10.8. The molecule has 0 saturated carbocycles. The highest BCUT2D eigenvalue weighted by Crippen LogP contribution is 2.37. The van der Waals surface area contributed by atoms with Crippen molar-refractivity contribution in [3.63, 3.8) is 0 Å². The van der Waals surface area contributed by atoms with Gasteiger partial charge in [0, 0.05) is 0 Å². The van der Waals surface area contributed by atoms with Gasteiger partial charge in [-0.1, -0.05) is 24.3 Å². The predicted octanol–water partition coefficient (Wildman–Crippen LogP) is 3.12. The standard InChI is InChI=1S/C24H32B2O6S/c1-21(2)22(3,4)30-25(29-21)17-9-13-19(14-10-17)33(27,28)20-15-11-18(12-16-20)26-31-23(5,6)24(7,8)32-26/h9-16H,1-8H3. The smallest absolute Gasteiger partial charge is 0.399 e. The van der Waals surface area contributed by atoms with Crippen molar-refractivity contribution in [2.75, 3.05) is 0 Å². The monoisotopic (exact) mass is 470 g/mol. The lowest BCUT2D eigenvalue weighted by Crippen LogP contribution is -2.41. The summed E-state index contributed by atoms with van der Waals surface area (Å²) in [5.41, 5.74) is -0.266. The number of hydrogen-bond donors (Lipinski definition) is 0. The van der Waals surface area contributed by atoms with E-state index >= 15 is 0 Å². The zero-order valence-corrected chi connectivity index (χ0v) is 21.4. The predicted molar refractivity (Wildman–Crippen MR) is 130 cm³/mol. The van der Waals surface area contributed by atoms with Crippen molar-refractivity contribution in [2.45, 2.75) is 87.6 Å². The van der Waals surface area contributed by atoms with Gasteiger partial charge in [0.15, 0.2) is 0 Å². The van der Waals surface area contributed by atoms with Gasteiger partial charge in [-0.25, -0.2) is 8.42 Å². The Morgan fingerprint density at radius 3 is 1.00 bits per heavy atom. The molecule has 2 aliphatic rings. The Bertz CT molecular complexity index is 1020. The third-order valence-corrected chi connectivity index (χ3v) is 9.22. The summed E-state index contributed by atoms with van der Waals surface area (Å²) in [5.74, 6) is 0. The van der Waals surface area contributed by atoms with E-state index in [1.807, 2.05) is 55.4 Å². The maximum absolute atomic E-state index is 13.2. The molecule has 2 aromatic carbocycles. The van der Waals surface area contributed by atoms with E-state index in [4.69, 9.17) is 18.6 Å². The first-order chi connectivity index (χ1) is 15.1. The van der Waals surface area contributed by atoms with Gasteiger partial charge in [-0.3, -0.25) is 0 Å². The number of benzene rings is 2. The molecule has 6 nitrogen and oxygen atoms in total. The Balaban J connectivity index is 1.52. The molecule has 0 aromatic heterocycles.